The van der Waals surface area contributed by atoms with E-state index in [2.05, 4.69) is 6.07 Å². The molecule has 0 saturated heterocycles. The molecular formula is C10H8N2. The molecule has 0 spiro atoms. The van der Waals surface area contributed by atoms with Gasteiger partial charge in [-0.15, -0.1) is 0 Å². The van der Waals surface area contributed by atoms with Gasteiger partial charge in [-0.1, -0.05) is 6.07 Å². The summed E-state index contributed by atoms with van der Waals surface area (Å²) in [4.78, 5) is 0. The standard InChI is InChI=1S/C10H8N2/c1-12-6-9-3-2-8(5-11)4-10(9)7-12/h2-4,6-7H,1H3. The molecule has 0 unspecified atom stereocenters. The Bertz CT molecular complexity index is 460. The van der Waals surface area contributed by atoms with E-state index in [9.17, 15) is 0 Å². The number of rotatable bonds is 0. The first kappa shape index (κ1) is 6.93. The SMILES string of the molecule is Cn1cc2ccc(C#N)cc2c1. The highest BCUT2D eigenvalue weighted by Crippen LogP contribution is 2.15. The maximum Gasteiger partial charge on any atom is 0.0991 e. The summed E-state index contributed by atoms with van der Waals surface area (Å²) in [5, 5.41) is 10.9. The van der Waals surface area contributed by atoms with E-state index in [1.165, 1.54) is 5.39 Å². The summed E-state index contributed by atoms with van der Waals surface area (Å²) in [5.74, 6) is 0. The highest BCUT2D eigenvalue weighted by Gasteiger charge is 1.96. The van der Waals surface area contributed by atoms with Crippen molar-refractivity contribution in [2.75, 3.05) is 0 Å². The average molecular weight is 156 g/mol. The zero-order valence-electron chi connectivity index (χ0n) is 6.78. The van der Waals surface area contributed by atoms with E-state index in [0.717, 1.165) is 5.39 Å². The summed E-state index contributed by atoms with van der Waals surface area (Å²) < 4.78 is 1.99. The normalized spacial score (nSPS) is 10.0. The van der Waals surface area contributed by atoms with Crippen molar-refractivity contribution in [2.24, 2.45) is 7.05 Å². The number of nitrogens with zero attached hydrogens (tertiary/aromatic N) is 2. The Morgan fingerprint density at radius 2 is 2.00 bits per heavy atom. The topological polar surface area (TPSA) is 28.7 Å². The number of benzene rings is 1. The second kappa shape index (κ2) is 2.38. The fraction of sp³-hybridized carbons (Fsp3) is 0.100. The Labute approximate surface area is 70.7 Å². The van der Waals surface area contributed by atoms with Crippen LogP contribution in [0.3, 0.4) is 0 Å². The number of nitriles is 1. The monoisotopic (exact) mass is 156 g/mol. The van der Waals surface area contributed by atoms with Crippen LogP contribution in [0.25, 0.3) is 10.8 Å². The highest BCUT2D eigenvalue weighted by atomic mass is 14.9. The van der Waals surface area contributed by atoms with Crippen LogP contribution in [0.1, 0.15) is 5.56 Å². The maximum atomic E-state index is 8.65. The third kappa shape index (κ3) is 0.960. The molecular weight excluding hydrogens is 148 g/mol. The molecule has 0 aliphatic heterocycles. The molecule has 2 aromatic rings. The van der Waals surface area contributed by atoms with Crippen LogP contribution in [0.5, 0.6) is 0 Å². The lowest BCUT2D eigenvalue weighted by molar-refractivity contribution is 0.933. The first-order chi connectivity index (χ1) is 5.79. The molecule has 1 aromatic carbocycles. The van der Waals surface area contributed by atoms with Crippen LogP contribution in [0.2, 0.25) is 0 Å². The quantitative estimate of drug-likeness (QED) is 0.573. The summed E-state index contributed by atoms with van der Waals surface area (Å²) in [6.07, 6.45) is 4.05. The van der Waals surface area contributed by atoms with E-state index in [1.54, 1.807) is 0 Å². The van der Waals surface area contributed by atoms with Gasteiger partial charge < -0.3 is 4.57 Å². The van der Waals surface area contributed by atoms with Gasteiger partial charge in [0.2, 0.25) is 0 Å². The molecule has 1 aromatic heterocycles. The van der Waals surface area contributed by atoms with Gasteiger partial charge in [0, 0.05) is 24.8 Å². The molecule has 0 fully saturated rings. The predicted octanol–water partition coefficient (Wildman–Crippen LogP) is 2.05. The minimum Gasteiger partial charge on any atom is -0.356 e. The molecule has 2 nitrogen and oxygen atoms in total. The van der Waals surface area contributed by atoms with E-state index >= 15 is 0 Å². The van der Waals surface area contributed by atoms with Gasteiger partial charge in [0.1, 0.15) is 0 Å². The molecule has 0 N–H and O–H groups in total. The molecule has 0 radical (unpaired) electrons. The smallest absolute Gasteiger partial charge is 0.0991 e. The molecule has 0 amide bonds. The number of hydrogen-bond donors (Lipinski definition) is 0. The maximum absolute atomic E-state index is 8.65. The third-order valence-electron chi connectivity index (χ3n) is 1.90. The van der Waals surface area contributed by atoms with Gasteiger partial charge in [-0.2, -0.15) is 5.26 Å². The molecule has 2 rings (SSSR count). The van der Waals surface area contributed by atoms with Crippen molar-refractivity contribution in [1.82, 2.24) is 4.57 Å². The molecule has 12 heavy (non-hydrogen) atoms. The van der Waals surface area contributed by atoms with E-state index in [4.69, 9.17) is 5.26 Å². The Balaban J connectivity index is 2.77. The summed E-state index contributed by atoms with van der Waals surface area (Å²) >= 11 is 0. The van der Waals surface area contributed by atoms with Crippen LogP contribution in [0, 0.1) is 11.3 Å². The van der Waals surface area contributed by atoms with Gasteiger partial charge in [-0.05, 0) is 17.5 Å². The zero-order valence-corrected chi connectivity index (χ0v) is 6.78. The Morgan fingerprint density at radius 1 is 1.25 bits per heavy atom. The highest BCUT2D eigenvalue weighted by molar-refractivity contribution is 5.83. The lowest BCUT2D eigenvalue weighted by atomic mass is 10.1. The summed E-state index contributed by atoms with van der Waals surface area (Å²) in [5.41, 5.74) is 0.716. The Hall–Kier alpha value is -1.75. The van der Waals surface area contributed by atoms with Gasteiger partial charge in [0.25, 0.3) is 0 Å². The second-order valence-corrected chi connectivity index (χ2v) is 2.88. The van der Waals surface area contributed by atoms with Crippen molar-refractivity contribution in [1.29, 1.82) is 5.26 Å². The number of aryl methyl sites for hydroxylation is 1. The molecule has 0 aliphatic rings. The fourth-order valence-corrected chi connectivity index (χ4v) is 1.35. The molecule has 2 heteroatoms. The third-order valence-corrected chi connectivity index (χ3v) is 1.90. The first-order valence-electron chi connectivity index (χ1n) is 3.75. The number of hydrogen-bond acceptors (Lipinski definition) is 1. The van der Waals surface area contributed by atoms with Crippen molar-refractivity contribution < 1.29 is 0 Å². The number of aromatic nitrogens is 1. The van der Waals surface area contributed by atoms with Crippen molar-refractivity contribution in [3.05, 3.63) is 36.2 Å². The molecule has 0 atom stereocenters. The van der Waals surface area contributed by atoms with Crippen molar-refractivity contribution in [3.63, 3.8) is 0 Å². The average Bonchev–Trinajstić information content (AvgIpc) is 2.43. The summed E-state index contributed by atoms with van der Waals surface area (Å²) in [7, 11) is 1.98. The minimum absolute atomic E-state index is 0.716. The number of fused-ring (bicyclic) bond motifs is 1. The van der Waals surface area contributed by atoms with Crippen LogP contribution < -0.4 is 0 Å². The van der Waals surface area contributed by atoms with E-state index in [0.29, 0.717) is 5.56 Å². The summed E-state index contributed by atoms with van der Waals surface area (Å²) in [6, 6.07) is 7.82. The van der Waals surface area contributed by atoms with Crippen LogP contribution in [-0.2, 0) is 7.05 Å². The van der Waals surface area contributed by atoms with Crippen LogP contribution in [-0.4, -0.2) is 4.57 Å². The first-order valence-corrected chi connectivity index (χ1v) is 3.75. The fourth-order valence-electron chi connectivity index (χ4n) is 1.35. The predicted molar refractivity (Wildman–Crippen MR) is 47.6 cm³/mol. The zero-order chi connectivity index (χ0) is 8.55. The molecule has 58 valence electrons. The van der Waals surface area contributed by atoms with Crippen LogP contribution in [0.4, 0.5) is 0 Å². The molecule has 0 saturated carbocycles. The molecule has 0 aliphatic carbocycles. The van der Waals surface area contributed by atoms with Crippen LogP contribution in [0.15, 0.2) is 30.6 Å². The van der Waals surface area contributed by atoms with E-state index in [-0.39, 0.29) is 0 Å². The van der Waals surface area contributed by atoms with Crippen molar-refractivity contribution in [3.8, 4) is 6.07 Å². The molecule has 1 heterocycles. The second-order valence-electron chi connectivity index (χ2n) is 2.88. The molecule has 0 bridgehead atoms. The lowest BCUT2D eigenvalue weighted by Gasteiger charge is -1.87. The lowest BCUT2D eigenvalue weighted by Crippen LogP contribution is -1.76. The summed E-state index contributed by atoms with van der Waals surface area (Å²) in [6.45, 7) is 0. The Kier molecular flexibility index (Phi) is 1.38. The largest absolute Gasteiger partial charge is 0.356 e. The van der Waals surface area contributed by atoms with Crippen molar-refractivity contribution in [2.45, 2.75) is 0 Å². The van der Waals surface area contributed by atoms with Gasteiger partial charge in [0.15, 0.2) is 0 Å². The van der Waals surface area contributed by atoms with Gasteiger partial charge in [-0.3, -0.25) is 0 Å². The van der Waals surface area contributed by atoms with Crippen molar-refractivity contribution >= 4 is 10.8 Å². The van der Waals surface area contributed by atoms with Gasteiger partial charge in [0.05, 0.1) is 11.6 Å². The Morgan fingerprint density at radius 3 is 2.75 bits per heavy atom. The van der Waals surface area contributed by atoms with E-state index < -0.39 is 0 Å². The minimum atomic E-state index is 0.716. The van der Waals surface area contributed by atoms with Gasteiger partial charge >= 0.3 is 0 Å². The van der Waals surface area contributed by atoms with E-state index in [1.807, 2.05) is 42.2 Å². The van der Waals surface area contributed by atoms with Crippen LogP contribution >= 0.6 is 0 Å². The van der Waals surface area contributed by atoms with Gasteiger partial charge in [-0.25, -0.2) is 0 Å².